The molecule has 102 valence electrons. The van der Waals surface area contributed by atoms with Crippen molar-refractivity contribution in [3.05, 3.63) is 29.8 Å². The molecular formula is C17H23NO. The van der Waals surface area contributed by atoms with Crippen molar-refractivity contribution in [3.63, 3.8) is 0 Å². The molecule has 2 N–H and O–H groups in total. The molecule has 4 aliphatic rings. The van der Waals surface area contributed by atoms with Gasteiger partial charge in [-0.15, -0.1) is 0 Å². The van der Waals surface area contributed by atoms with E-state index in [4.69, 9.17) is 10.5 Å². The zero-order chi connectivity index (χ0) is 13.1. The maximum atomic E-state index is 6.67. The van der Waals surface area contributed by atoms with E-state index in [1.807, 2.05) is 0 Å². The first kappa shape index (κ1) is 11.8. The topological polar surface area (TPSA) is 35.2 Å². The van der Waals surface area contributed by atoms with E-state index in [1.165, 1.54) is 44.1 Å². The van der Waals surface area contributed by atoms with Crippen molar-refractivity contribution in [3.8, 4) is 5.75 Å². The highest BCUT2D eigenvalue weighted by Gasteiger charge is 2.56. The summed E-state index contributed by atoms with van der Waals surface area (Å²) in [5.74, 6) is 2.69. The van der Waals surface area contributed by atoms with Gasteiger partial charge in [0.15, 0.2) is 0 Å². The molecule has 2 atom stereocenters. The van der Waals surface area contributed by atoms with Crippen LogP contribution in [0.4, 0.5) is 0 Å². The summed E-state index contributed by atoms with van der Waals surface area (Å²) in [7, 11) is 1.73. The molecule has 0 aliphatic heterocycles. The molecule has 4 saturated carbocycles. The average Bonchev–Trinajstić information content (AvgIpc) is 2.36. The van der Waals surface area contributed by atoms with Gasteiger partial charge in [-0.25, -0.2) is 0 Å². The predicted octanol–water partition coefficient (Wildman–Crippen LogP) is 3.24. The molecule has 19 heavy (non-hydrogen) atoms. The summed E-state index contributed by atoms with van der Waals surface area (Å²) in [5.41, 5.74) is 8.67. The van der Waals surface area contributed by atoms with Gasteiger partial charge in [0.25, 0.3) is 0 Å². The Morgan fingerprint density at radius 3 is 2.21 bits per heavy atom. The van der Waals surface area contributed by atoms with Crippen molar-refractivity contribution in [1.82, 2.24) is 0 Å². The van der Waals surface area contributed by atoms with Gasteiger partial charge in [0.1, 0.15) is 5.75 Å². The molecular weight excluding hydrogens is 234 g/mol. The fourth-order valence-corrected chi connectivity index (χ4v) is 5.62. The molecule has 0 heterocycles. The predicted molar refractivity (Wildman–Crippen MR) is 76.3 cm³/mol. The lowest BCUT2D eigenvalue weighted by Crippen LogP contribution is -2.61. The minimum atomic E-state index is 0.129. The zero-order valence-electron chi connectivity index (χ0n) is 11.7. The summed E-state index contributed by atoms with van der Waals surface area (Å²) in [6.45, 7) is 0. The molecule has 0 amide bonds. The van der Waals surface area contributed by atoms with E-state index >= 15 is 0 Å². The maximum Gasteiger partial charge on any atom is 0.118 e. The molecule has 4 aliphatic carbocycles. The maximum absolute atomic E-state index is 6.67. The van der Waals surface area contributed by atoms with Crippen LogP contribution in [0, 0.1) is 11.8 Å². The summed E-state index contributed by atoms with van der Waals surface area (Å²) < 4.78 is 5.28. The summed E-state index contributed by atoms with van der Waals surface area (Å²) in [6, 6.07) is 8.76. The Hall–Kier alpha value is -1.02. The van der Waals surface area contributed by atoms with E-state index in [0.29, 0.717) is 5.41 Å². The fraction of sp³-hybridized carbons (Fsp3) is 0.647. The summed E-state index contributed by atoms with van der Waals surface area (Å²) >= 11 is 0. The van der Waals surface area contributed by atoms with Crippen molar-refractivity contribution in [1.29, 1.82) is 0 Å². The van der Waals surface area contributed by atoms with Gasteiger partial charge in [-0.1, -0.05) is 12.1 Å². The Bertz CT molecular complexity index is 478. The van der Waals surface area contributed by atoms with E-state index in [2.05, 4.69) is 24.3 Å². The number of ether oxygens (including phenoxy) is 1. The van der Waals surface area contributed by atoms with Crippen LogP contribution < -0.4 is 10.5 Å². The normalized spacial score (nSPS) is 43.5. The van der Waals surface area contributed by atoms with E-state index in [1.54, 1.807) is 7.11 Å². The van der Waals surface area contributed by atoms with E-state index < -0.39 is 0 Å². The number of benzene rings is 1. The van der Waals surface area contributed by atoms with Gasteiger partial charge >= 0.3 is 0 Å². The molecule has 1 aromatic rings. The Morgan fingerprint density at radius 2 is 1.68 bits per heavy atom. The second kappa shape index (κ2) is 3.76. The van der Waals surface area contributed by atoms with Gasteiger partial charge in [-0.2, -0.15) is 0 Å². The van der Waals surface area contributed by atoms with Gasteiger partial charge in [0, 0.05) is 5.54 Å². The number of rotatable bonds is 2. The largest absolute Gasteiger partial charge is 0.497 e. The lowest BCUT2D eigenvalue weighted by atomic mass is 9.45. The summed E-state index contributed by atoms with van der Waals surface area (Å²) in [6.07, 6.45) is 7.86. The average molecular weight is 257 g/mol. The second-order valence-corrected chi connectivity index (χ2v) is 7.33. The van der Waals surface area contributed by atoms with Gasteiger partial charge in [0.2, 0.25) is 0 Å². The Morgan fingerprint density at radius 1 is 1.05 bits per heavy atom. The Kier molecular flexibility index (Phi) is 2.33. The SMILES string of the molecule is COc1ccc(C23CC4CC(CC(N)(C4)C2)C3)cc1. The molecule has 1 aromatic carbocycles. The lowest BCUT2D eigenvalue weighted by Gasteiger charge is -2.61. The third-order valence-corrected chi connectivity index (χ3v) is 5.81. The first-order valence-electron chi connectivity index (χ1n) is 7.54. The molecule has 0 aromatic heterocycles. The van der Waals surface area contributed by atoms with Crippen LogP contribution in [0.1, 0.15) is 44.1 Å². The van der Waals surface area contributed by atoms with Crippen molar-refractivity contribution >= 4 is 0 Å². The molecule has 5 rings (SSSR count). The number of methoxy groups -OCH3 is 1. The van der Waals surface area contributed by atoms with Crippen LogP contribution >= 0.6 is 0 Å². The first-order valence-corrected chi connectivity index (χ1v) is 7.54. The minimum Gasteiger partial charge on any atom is -0.497 e. The molecule has 0 saturated heterocycles. The fourth-order valence-electron chi connectivity index (χ4n) is 5.62. The van der Waals surface area contributed by atoms with Crippen molar-refractivity contribution in [2.75, 3.05) is 7.11 Å². The van der Waals surface area contributed by atoms with Crippen LogP contribution in [0.25, 0.3) is 0 Å². The van der Waals surface area contributed by atoms with Crippen LogP contribution in [-0.4, -0.2) is 12.6 Å². The summed E-state index contributed by atoms with van der Waals surface area (Å²) in [5, 5.41) is 0. The molecule has 2 nitrogen and oxygen atoms in total. The second-order valence-electron chi connectivity index (χ2n) is 7.33. The molecule has 0 radical (unpaired) electrons. The quantitative estimate of drug-likeness (QED) is 0.882. The lowest BCUT2D eigenvalue weighted by molar-refractivity contribution is -0.0227. The zero-order valence-corrected chi connectivity index (χ0v) is 11.7. The van der Waals surface area contributed by atoms with Crippen LogP contribution in [-0.2, 0) is 5.41 Å². The Labute approximate surface area is 115 Å². The monoisotopic (exact) mass is 257 g/mol. The van der Waals surface area contributed by atoms with Crippen molar-refractivity contribution in [2.24, 2.45) is 17.6 Å². The smallest absolute Gasteiger partial charge is 0.118 e. The van der Waals surface area contributed by atoms with Crippen molar-refractivity contribution < 1.29 is 4.74 Å². The molecule has 2 unspecified atom stereocenters. The highest BCUT2D eigenvalue weighted by Crippen LogP contribution is 2.61. The van der Waals surface area contributed by atoms with E-state index in [9.17, 15) is 0 Å². The van der Waals surface area contributed by atoms with E-state index in [-0.39, 0.29) is 5.54 Å². The van der Waals surface area contributed by atoms with Crippen LogP contribution in [0.2, 0.25) is 0 Å². The van der Waals surface area contributed by atoms with Gasteiger partial charge < -0.3 is 10.5 Å². The van der Waals surface area contributed by atoms with E-state index in [0.717, 1.165) is 17.6 Å². The molecule has 4 bridgehead atoms. The van der Waals surface area contributed by atoms with Crippen molar-refractivity contribution in [2.45, 2.75) is 49.5 Å². The number of hydrogen-bond acceptors (Lipinski definition) is 2. The molecule has 0 spiro atoms. The van der Waals surface area contributed by atoms with Crippen LogP contribution in [0.3, 0.4) is 0 Å². The minimum absolute atomic E-state index is 0.129. The molecule has 4 fully saturated rings. The van der Waals surface area contributed by atoms with Crippen LogP contribution in [0.15, 0.2) is 24.3 Å². The highest BCUT2D eigenvalue weighted by molar-refractivity contribution is 5.35. The van der Waals surface area contributed by atoms with Crippen LogP contribution in [0.5, 0.6) is 5.75 Å². The first-order chi connectivity index (χ1) is 9.11. The Balaban J connectivity index is 1.72. The highest BCUT2D eigenvalue weighted by atomic mass is 16.5. The van der Waals surface area contributed by atoms with Gasteiger partial charge in [0.05, 0.1) is 7.11 Å². The molecule has 2 heteroatoms. The number of hydrogen-bond donors (Lipinski definition) is 1. The summed E-state index contributed by atoms with van der Waals surface area (Å²) in [4.78, 5) is 0. The van der Waals surface area contributed by atoms with Gasteiger partial charge in [-0.3, -0.25) is 0 Å². The van der Waals surface area contributed by atoms with Gasteiger partial charge in [-0.05, 0) is 73.5 Å². The third kappa shape index (κ3) is 1.73. The number of nitrogens with two attached hydrogens (primary N) is 1. The third-order valence-electron chi connectivity index (χ3n) is 5.81. The standard InChI is InChI=1S/C17H23NO/c1-19-15-4-2-14(3-5-15)16-7-12-6-13(8-16)10-17(18,9-12)11-16/h2-5,12-13H,6-11,18H2,1H3.